The zero-order chi connectivity index (χ0) is 22.7. The Balaban J connectivity index is 1.52. The maximum Gasteiger partial charge on any atom is 0.247 e. The number of rotatable bonds is 8. The normalized spacial score (nSPS) is 23.2. The number of fused-ring (bicyclic) bond motifs is 1. The highest BCUT2D eigenvalue weighted by Gasteiger charge is 2.44. The van der Waals surface area contributed by atoms with Crippen LogP contribution in [0, 0.1) is 0 Å². The molecule has 4 atom stereocenters. The number of aliphatic hydroxyl groups is 3. The Kier molecular flexibility index (Phi) is 6.46. The largest absolute Gasteiger partial charge is 0.494 e. The number of hydrazone groups is 1. The highest BCUT2D eigenvalue weighted by Crippen LogP contribution is 2.32. The minimum absolute atomic E-state index is 0.107. The predicted octanol–water partition coefficient (Wildman–Crippen LogP) is 0.255. The summed E-state index contributed by atoms with van der Waals surface area (Å²) in [5.41, 5.74) is 10.1. The first-order valence-corrected chi connectivity index (χ1v) is 10.2. The first-order valence-electron chi connectivity index (χ1n) is 10.2. The topological polar surface area (TPSA) is 173 Å². The number of ether oxygens (including phenoxy) is 2. The molecule has 0 aliphatic carbocycles. The molecular formula is C20H25N7O5. The summed E-state index contributed by atoms with van der Waals surface area (Å²) >= 11 is 0. The van der Waals surface area contributed by atoms with Crippen LogP contribution in [-0.2, 0) is 4.74 Å². The van der Waals surface area contributed by atoms with Crippen molar-refractivity contribution in [3.8, 4) is 5.75 Å². The Hall–Kier alpha value is -3.32. The molecule has 2 aromatic heterocycles. The Morgan fingerprint density at radius 1 is 1.25 bits per heavy atom. The molecule has 2 unspecified atom stereocenters. The van der Waals surface area contributed by atoms with Crippen LogP contribution >= 0.6 is 0 Å². The number of benzene rings is 1. The van der Waals surface area contributed by atoms with Crippen molar-refractivity contribution in [2.24, 2.45) is 5.10 Å². The summed E-state index contributed by atoms with van der Waals surface area (Å²) in [5.74, 6) is 1.01. The molecule has 1 fully saturated rings. The lowest BCUT2D eigenvalue weighted by Gasteiger charge is -2.16. The van der Waals surface area contributed by atoms with Crippen molar-refractivity contribution in [2.45, 2.75) is 37.9 Å². The van der Waals surface area contributed by atoms with Gasteiger partial charge < -0.3 is 30.5 Å². The van der Waals surface area contributed by atoms with E-state index < -0.39 is 31.1 Å². The minimum atomic E-state index is -1.28. The number of aliphatic hydroxyl groups excluding tert-OH is 3. The van der Waals surface area contributed by atoms with E-state index in [1.54, 1.807) is 6.21 Å². The molecule has 1 aliphatic rings. The Morgan fingerprint density at radius 2 is 2.03 bits per heavy atom. The van der Waals surface area contributed by atoms with Gasteiger partial charge in [0.1, 0.15) is 29.6 Å². The van der Waals surface area contributed by atoms with Crippen LogP contribution in [0.5, 0.6) is 5.75 Å². The van der Waals surface area contributed by atoms with Gasteiger partial charge in [-0.3, -0.25) is 4.57 Å². The average Bonchev–Trinajstić information content (AvgIpc) is 3.34. The summed E-state index contributed by atoms with van der Waals surface area (Å²) in [4.78, 5) is 12.7. The molecule has 6 N–H and O–H groups in total. The van der Waals surface area contributed by atoms with E-state index in [1.165, 1.54) is 10.9 Å². The second kappa shape index (κ2) is 9.44. The van der Waals surface area contributed by atoms with Crippen LogP contribution in [0.3, 0.4) is 0 Å². The van der Waals surface area contributed by atoms with Crippen molar-refractivity contribution in [1.29, 1.82) is 0 Å². The molecule has 0 bridgehead atoms. The first-order chi connectivity index (χ1) is 15.5. The second-order valence-electron chi connectivity index (χ2n) is 7.27. The van der Waals surface area contributed by atoms with Crippen LogP contribution in [0.25, 0.3) is 11.2 Å². The SMILES string of the molecule is CCCOc1ccc(/C=N/Nc2nc(N)c3ncn([C@@H]4O[C@H](CO)C(O)C4O)c3n2)cc1. The third kappa shape index (κ3) is 4.34. The minimum Gasteiger partial charge on any atom is -0.494 e. The standard InChI is InChI=1S/C20H25N7O5/c1-2-7-31-12-5-3-11(4-6-12)8-23-26-20-24-17(21)14-18(25-20)27(10-22-14)19-16(30)15(29)13(9-28)32-19/h3-6,8,10,13,15-16,19,28-30H,2,7,9H2,1H3,(H3,21,24,25,26)/b23-8+/t13-,15?,16?,19-/m1/s1. The fourth-order valence-corrected chi connectivity index (χ4v) is 3.32. The van der Waals surface area contributed by atoms with Crippen molar-refractivity contribution in [3.05, 3.63) is 36.2 Å². The summed E-state index contributed by atoms with van der Waals surface area (Å²) in [6.45, 7) is 2.27. The third-order valence-corrected chi connectivity index (χ3v) is 4.97. The lowest BCUT2D eigenvalue weighted by atomic mass is 10.1. The summed E-state index contributed by atoms with van der Waals surface area (Å²) in [5, 5.41) is 33.8. The predicted molar refractivity (Wildman–Crippen MR) is 116 cm³/mol. The summed E-state index contributed by atoms with van der Waals surface area (Å²) in [7, 11) is 0. The van der Waals surface area contributed by atoms with Crippen LogP contribution in [0.1, 0.15) is 25.1 Å². The molecule has 32 heavy (non-hydrogen) atoms. The molecule has 170 valence electrons. The van der Waals surface area contributed by atoms with Gasteiger partial charge in [-0.25, -0.2) is 10.4 Å². The molecule has 0 radical (unpaired) electrons. The van der Waals surface area contributed by atoms with Crippen LogP contribution in [0.2, 0.25) is 0 Å². The molecule has 1 aliphatic heterocycles. The molecule has 1 saturated heterocycles. The molecule has 0 saturated carbocycles. The van der Waals surface area contributed by atoms with E-state index >= 15 is 0 Å². The van der Waals surface area contributed by atoms with Gasteiger partial charge in [-0.15, -0.1) is 0 Å². The molecule has 0 spiro atoms. The Morgan fingerprint density at radius 3 is 2.72 bits per heavy atom. The number of nitrogens with zero attached hydrogens (tertiary/aromatic N) is 5. The van der Waals surface area contributed by atoms with Crippen LogP contribution in [0.4, 0.5) is 11.8 Å². The highest BCUT2D eigenvalue weighted by atomic mass is 16.6. The van der Waals surface area contributed by atoms with Gasteiger partial charge in [0.05, 0.1) is 25.8 Å². The van der Waals surface area contributed by atoms with Gasteiger partial charge in [-0.1, -0.05) is 6.92 Å². The Labute approximate surface area is 183 Å². The van der Waals surface area contributed by atoms with Crippen molar-refractivity contribution < 1.29 is 24.8 Å². The average molecular weight is 443 g/mol. The monoisotopic (exact) mass is 443 g/mol. The lowest BCUT2D eigenvalue weighted by molar-refractivity contribution is -0.0511. The molecule has 4 rings (SSSR count). The summed E-state index contributed by atoms with van der Waals surface area (Å²) in [6.07, 6.45) is -0.531. The van der Waals surface area contributed by atoms with E-state index in [0.29, 0.717) is 12.1 Å². The van der Waals surface area contributed by atoms with E-state index in [4.69, 9.17) is 15.2 Å². The van der Waals surface area contributed by atoms with Crippen molar-refractivity contribution >= 4 is 29.1 Å². The van der Waals surface area contributed by atoms with Crippen LogP contribution in [-0.4, -0.2) is 72.6 Å². The molecule has 12 nitrogen and oxygen atoms in total. The molecular weight excluding hydrogens is 418 g/mol. The maximum atomic E-state index is 10.3. The molecule has 3 heterocycles. The molecule has 0 amide bonds. The smallest absolute Gasteiger partial charge is 0.247 e. The van der Waals surface area contributed by atoms with E-state index in [0.717, 1.165) is 17.7 Å². The number of aromatic nitrogens is 4. The molecule has 3 aromatic rings. The van der Waals surface area contributed by atoms with E-state index in [-0.39, 0.29) is 17.4 Å². The second-order valence-corrected chi connectivity index (χ2v) is 7.27. The van der Waals surface area contributed by atoms with Crippen molar-refractivity contribution in [1.82, 2.24) is 19.5 Å². The summed E-state index contributed by atoms with van der Waals surface area (Å²) in [6, 6.07) is 7.45. The van der Waals surface area contributed by atoms with Gasteiger partial charge in [0.2, 0.25) is 5.95 Å². The van der Waals surface area contributed by atoms with E-state index in [1.807, 2.05) is 31.2 Å². The van der Waals surface area contributed by atoms with Crippen LogP contribution < -0.4 is 15.9 Å². The fourth-order valence-electron chi connectivity index (χ4n) is 3.32. The highest BCUT2D eigenvalue weighted by molar-refractivity contribution is 5.83. The Bertz CT molecular complexity index is 1090. The van der Waals surface area contributed by atoms with Gasteiger partial charge in [0, 0.05) is 0 Å². The maximum absolute atomic E-state index is 10.3. The third-order valence-electron chi connectivity index (χ3n) is 4.97. The van der Waals surface area contributed by atoms with E-state index in [9.17, 15) is 15.3 Å². The van der Waals surface area contributed by atoms with Crippen LogP contribution in [0.15, 0.2) is 35.7 Å². The van der Waals surface area contributed by atoms with Crippen molar-refractivity contribution in [3.63, 3.8) is 0 Å². The van der Waals surface area contributed by atoms with Gasteiger partial charge in [-0.2, -0.15) is 15.1 Å². The number of nitrogen functional groups attached to an aromatic ring is 1. The number of imidazole rings is 1. The van der Waals surface area contributed by atoms with E-state index in [2.05, 4.69) is 25.5 Å². The fraction of sp³-hybridized carbons (Fsp3) is 0.400. The zero-order valence-corrected chi connectivity index (χ0v) is 17.4. The molecule has 1 aromatic carbocycles. The lowest BCUT2D eigenvalue weighted by Crippen LogP contribution is -2.33. The number of nitrogens with one attached hydrogen (secondary N) is 1. The van der Waals surface area contributed by atoms with Gasteiger partial charge in [-0.05, 0) is 36.2 Å². The molecule has 12 heteroatoms. The van der Waals surface area contributed by atoms with Gasteiger partial charge >= 0.3 is 0 Å². The summed E-state index contributed by atoms with van der Waals surface area (Å²) < 4.78 is 12.5. The number of anilines is 2. The number of hydrogen-bond acceptors (Lipinski definition) is 11. The first kappa shape index (κ1) is 21.9. The van der Waals surface area contributed by atoms with Gasteiger partial charge in [0.25, 0.3) is 0 Å². The number of nitrogens with two attached hydrogens (primary N) is 1. The zero-order valence-electron chi connectivity index (χ0n) is 17.4. The quantitative estimate of drug-likeness (QED) is 0.240. The van der Waals surface area contributed by atoms with Crippen molar-refractivity contribution in [2.75, 3.05) is 24.4 Å². The van der Waals surface area contributed by atoms with Gasteiger partial charge in [0.15, 0.2) is 17.7 Å². The number of hydrogen-bond donors (Lipinski definition) is 5.